The fourth-order valence-corrected chi connectivity index (χ4v) is 1.74. The second-order valence-electron chi connectivity index (χ2n) is 4.64. The van der Waals surface area contributed by atoms with Gasteiger partial charge in [-0.15, -0.1) is 0 Å². The molecule has 1 unspecified atom stereocenters. The van der Waals surface area contributed by atoms with Crippen LogP contribution in [0.4, 0.5) is 0 Å². The predicted molar refractivity (Wildman–Crippen MR) is 99.3 cm³/mol. The molecule has 5 heteroatoms. The Morgan fingerprint density at radius 2 is 1.83 bits per heavy atom. The van der Waals surface area contributed by atoms with Gasteiger partial charge >= 0.3 is 0 Å². The molecule has 2 N–H and O–H groups in total. The van der Waals surface area contributed by atoms with E-state index < -0.39 is 11.9 Å². The summed E-state index contributed by atoms with van der Waals surface area (Å²) in [6.07, 6.45) is 6.36. The fourth-order valence-electron chi connectivity index (χ4n) is 1.74. The average Bonchev–Trinajstić information content (AvgIpc) is 2.61. The van der Waals surface area contributed by atoms with Gasteiger partial charge in [0.05, 0.1) is 0 Å². The van der Waals surface area contributed by atoms with Crippen LogP contribution < -0.4 is 10.6 Å². The molecule has 1 saturated heterocycles. The highest BCUT2D eigenvalue weighted by Crippen LogP contribution is 2.08. The van der Waals surface area contributed by atoms with Crippen molar-refractivity contribution in [1.29, 1.82) is 0 Å². The number of piperidine rings is 1. The topological polar surface area (TPSA) is 75.3 Å². The minimum atomic E-state index is -0.639. The van der Waals surface area contributed by atoms with Crippen LogP contribution >= 0.6 is 0 Å². The number of amides is 3. The van der Waals surface area contributed by atoms with Crippen molar-refractivity contribution in [2.45, 2.75) is 66.8 Å². The van der Waals surface area contributed by atoms with Gasteiger partial charge in [0.15, 0.2) is 0 Å². The Kier molecular flexibility index (Phi) is 14.5. The van der Waals surface area contributed by atoms with Crippen LogP contribution in [0, 0.1) is 0 Å². The van der Waals surface area contributed by atoms with E-state index in [0.717, 1.165) is 5.57 Å². The first-order chi connectivity index (χ1) is 11.5. The first-order valence-electron chi connectivity index (χ1n) is 8.62. The number of imide groups is 1. The Morgan fingerprint density at radius 3 is 2.29 bits per heavy atom. The summed E-state index contributed by atoms with van der Waals surface area (Å²) in [6.45, 7) is 15.4. The summed E-state index contributed by atoms with van der Waals surface area (Å²) in [5, 5.41) is 4.87. The third-order valence-corrected chi connectivity index (χ3v) is 3.09. The first kappa shape index (κ1) is 24.1. The van der Waals surface area contributed by atoms with Crippen molar-refractivity contribution in [3.8, 4) is 0 Å². The number of carbonyl (C=O) groups excluding carboxylic acids is 3. The molecule has 0 aromatic rings. The van der Waals surface area contributed by atoms with E-state index in [-0.39, 0.29) is 18.2 Å². The van der Waals surface area contributed by atoms with Crippen molar-refractivity contribution in [1.82, 2.24) is 10.6 Å². The number of hydrogen-bond donors (Lipinski definition) is 2. The van der Waals surface area contributed by atoms with Gasteiger partial charge in [0.1, 0.15) is 6.04 Å². The number of carbonyl (C=O) groups is 3. The third kappa shape index (κ3) is 9.08. The van der Waals surface area contributed by atoms with Crippen LogP contribution in [0.5, 0.6) is 0 Å². The van der Waals surface area contributed by atoms with Crippen LogP contribution in [0.25, 0.3) is 0 Å². The molecule has 0 bridgehead atoms. The second kappa shape index (κ2) is 14.4. The quantitative estimate of drug-likeness (QED) is 0.459. The average molecular weight is 336 g/mol. The Balaban J connectivity index is 0. The molecule has 1 aliphatic rings. The van der Waals surface area contributed by atoms with Crippen LogP contribution in [-0.4, -0.2) is 23.8 Å². The zero-order valence-electron chi connectivity index (χ0n) is 15.9. The molecule has 1 heterocycles. The maximum atomic E-state index is 12.1. The van der Waals surface area contributed by atoms with Gasteiger partial charge in [-0.25, -0.2) is 0 Å². The molecule has 1 atom stereocenters. The van der Waals surface area contributed by atoms with Crippen molar-refractivity contribution in [3.63, 3.8) is 0 Å². The van der Waals surface area contributed by atoms with Gasteiger partial charge in [-0.2, -0.15) is 0 Å². The Morgan fingerprint density at radius 1 is 1.25 bits per heavy atom. The summed E-state index contributed by atoms with van der Waals surface area (Å²) < 4.78 is 0. The van der Waals surface area contributed by atoms with Crippen LogP contribution in [0.1, 0.15) is 60.8 Å². The van der Waals surface area contributed by atoms with E-state index in [0.29, 0.717) is 18.4 Å². The monoisotopic (exact) mass is 336 g/mol. The minimum absolute atomic E-state index is 0.247. The predicted octanol–water partition coefficient (Wildman–Crippen LogP) is 3.43. The zero-order chi connectivity index (χ0) is 19.1. The van der Waals surface area contributed by atoms with Gasteiger partial charge in [0, 0.05) is 12.0 Å². The van der Waals surface area contributed by atoms with E-state index in [1.54, 1.807) is 18.2 Å². The molecule has 1 rings (SSSR count). The van der Waals surface area contributed by atoms with Crippen molar-refractivity contribution < 1.29 is 14.4 Å². The molecule has 0 aromatic carbocycles. The van der Waals surface area contributed by atoms with Crippen LogP contribution in [-0.2, 0) is 14.4 Å². The van der Waals surface area contributed by atoms with Gasteiger partial charge in [0.25, 0.3) is 0 Å². The number of hydrogen-bond acceptors (Lipinski definition) is 3. The molecule has 3 amide bonds. The first-order valence-corrected chi connectivity index (χ1v) is 8.62. The van der Waals surface area contributed by atoms with E-state index in [4.69, 9.17) is 0 Å². The SMILES string of the molecule is C=C/C(C)=C\C=C(/CC)C(=O)NC1CCC(=O)NC1=O.CC.CC. The molecule has 0 spiro atoms. The lowest BCUT2D eigenvalue weighted by Crippen LogP contribution is -2.52. The van der Waals surface area contributed by atoms with Crippen molar-refractivity contribution in [2.24, 2.45) is 0 Å². The maximum Gasteiger partial charge on any atom is 0.249 e. The third-order valence-electron chi connectivity index (χ3n) is 3.09. The van der Waals surface area contributed by atoms with Crippen molar-refractivity contribution in [2.75, 3.05) is 0 Å². The molecule has 5 nitrogen and oxygen atoms in total. The largest absolute Gasteiger partial charge is 0.340 e. The fraction of sp³-hybridized carbons (Fsp3) is 0.526. The van der Waals surface area contributed by atoms with E-state index in [1.807, 2.05) is 41.5 Å². The highest BCUT2D eigenvalue weighted by molar-refractivity contribution is 6.03. The van der Waals surface area contributed by atoms with Crippen LogP contribution in [0.2, 0.25) is 0 Å². The molecule has 0 aliphatic carbocycles. The summed E-state index contributed by atoms with van der Waals surface area (Å²) >= 11 is 0. The number of nitrogens with one attached hydrogen (secondary N) is 2. The summed E-state index contributed by atoms with van der Waals surface area (Å²) in [6, 6.07) is -0.639. The van der Waals surface area contributed by atoms with Gasteiger partial charge in [-0.3, -0.25) is 19.7 Å². The van der Waals surface area contributed by atoms with Gasteiger partial charge in [-0.1, -0.05) is 65.0 Å². The minimum Gasteiger partial charge on any atom is -0.340 e. The normalized spacial score (nSPS) is 17.5. The maximum absolute atomic E-state index is 12.1. The molecular weight excluding hydrogens is 304 g/mol. The van der Waals surface area contributed by atoms with Crippen molar-refractivity contribution >= 4 is 17.7 Å². The van der Waals surface area contributed by atoms with Gasteiger partial charge in [0.2, 0.25) is 17.7 Å². The van der Waals surface area contributed by atoms with E-state index in [1.165, 1.54) is 0 Å². The molecule has 1 aliphatic heterocycles. The summed E-state index contributed by atoms with van der Waals surface area (Å²) in [4.78, 5) is 34.7. The Bertz CT molecular complexity index is 491. The highest BCUT2D eigenvalue weighted by atomic mass is 16.2. The Labute approximate surface area is 146 Å². The lowest BCUT2D eigenvalue weighted by molar-refractivity contribution is -0.136. The Hall–Kier alpha value is -2.17. The number of rotatable bonds is 5. The number of allylic oxidation sites excluding steroid dienone is 4. The van der Waals surface area contributed by atoms with Crippen molar-refractivity contribution in [3.05, 3.63) is 36.0 Å². The van der Waals surface area contributed by atoms with E-state index in [9.17, 15) is 14.4 Å². The van der Waals surface area contributed by atoms with Gasteiger partial charge in [-0.05, 0) is 19.8 Å². The molecule has 1 fully saturated rings. The summed E-state index contributed by atoms with van der Waals surface area (Å²) in [5.74, 6) is -1.02. The standard InChI is InChI=1S/C15H20N2O3.2C2H6/c1-4-10(3)6-7-11(5-2)14(19)16-12-8-9-13(18)17-15(12)20;2*1-2/h4,6-7,12H,1,5,8-9H2,2-3H3,(H,16,19)(H,17,18,20);2*1-2H3/b10-6-,11-7+;;. The summed E-state index contributed by atoms with van der Waals surface area (Å²) in [7, 11) is 0. The molecule has 136 valence electrons. The summed E-state index contributed by atoms with van der Waals surface area (Å²) in [5.41, 5.74) is 1.53. The smallest absolute Gasteiger partial charge is 0.249 e. The molecule has 24 heavy (non-hydrogen) atoms. The van der Waals surface area contributed by atoms with Crippen LogP contribution in [0.15, 0.2) is 36.0 Å². The molecule has 0 aromatic heterocycles. The lowest BCUT2D eigenvalue weighted by Gasteiger charge is -2.22. The lowest BCUT2D eigenvalue weighted by atomic mass is 10.0. The molecule has 0 radical (unpaired) electrons. The van der Waals surface area contributed by atoms with Gasteiger partial charge < -0.3 is 5.32 Å². The van der Waals surface area contributed by atoms with E-state index in [2.05, 4.69) is 17.2 Å². The highest BCUT2D eigenvalue weighted by Gasteiger charge is 2.28. The van der Waals surface area contributed by atoms with Crippen LogP contribution in [0.3, 0.4) is 0 Å². The molecule has 0 saturated carbocycles. The zero-order valence-corrected chi connectivity index (χ0v) is 15.9. The molecular formula is C19H32N2O3. The second-order valence-corrected chi connectivity index (χ2v) is 4.64. The van der Waals surface area contributed by atoms with E-state index >= 15 is 0 Å².